The van der Waals surface area contributed by atoms with Gasteiger partial charge in [0.25, 0.3) is 0 Å². The van der Waals surface area contributed by atoms with E-state index in [-0.39, 0.29) is 5.41 Å². The van der Waals surface area contributed by atoms with E-state index in [0.717, 1.165) is 28.2 Å². The Morgan fingerprint density at radius 3 is 1.56 bits per heavy atom. The highest BCUT2D eigenvalue weighted by molar-refractivity contribution is 5.86. The average Bonchev–Trinajstić information content (AvgIpc) is 3.40. The number of anilines is 3. The number of para-hydroxylation sites is 2. The molecule has 0 radical (unpaired) electrons. The van der Waals surface area contributed by atoms with Crippen LogP contribution < -0.4 is 4.90 Å². The van der Waals surface area contributed by atoms with Crippen molar-refractivity contribution in [2.45, 2.75) is 19.3 Å². The van der Waals surface area contributed by atoms with Crippen LogP contribution in [-0.4, -0.2) is 0 Å². The predicted octanol–water partition coefficient (Wildman–Crippen LogP) is 13.0. The van der Waals surface area contributed by atoms with Crippen LogP contribution in [0.1, 0.15) is 30.5 Å². The van der Waals surface area contributed by atoms with E-state index in [1.807, 2.05) is 6.07 Å². The fourth-order valence-electron chi connectivity index (χ4n) is 6.47. The molecular formula is C47H39N. The Morgan fingerprint density at radius 1 is 0.521 bits per heavy atom. The van der Waals surface area contributed by atoms with E-state index in [2.05, 4.69) is 207 Å². The predicted molar refractivity (Wildman–Crippen MR) is 207 cm³/mol. The SMILES string of the molecule is C=C(/C=C\C1=CC(C)(C)c2cc(N(c3ccccc3)c3ccccc3)ccc21)/C=C/c1ccc(-c2ccc(-c3ccccc3)cc2)cc1. The van der Waals surface area contributed by atoms with Gasteiger partial charge in [-0.15, -0.1) is 0 Å². The Kier molecular flexibility index (Phi) is 8.60. The molecule has 6 aromatic rings. The van der Waals surface area contributed by atoms with Crippen molar-refractivity contribution in [3.05, 3.63) is 211 Å². The molecule has 0 N–H and O–H groups in total. The summed E-state index contributed by atoms with van der Waals surface area (Å²) in [6.07, 6.45) is 10.9. The first-order valence-corrected chi connectivity index (χ1v) is 16.5. The molecule has 7 rings (SSSR count). The van der Waals surface area contributed by atoms with Crippen molar-refractivity contribution in [1.82, 2.24) is 0 Å². The summed E-state index contributed by atoms with van der Waals surface area (Å²) in [7, 11) is 0. The molecule has 48 heavy (non-hydrogen) atoms. The minimum Gasteiger partial charge on any atom is -0.310 e. The van der Waals surface area contributed by atoms with E-state index >= 15 is 0 Å². The van der Waals surface area contributed by atoms with Gasteiger partial charge in [0.2, 0.25) is 0 Å². The Labute approximate surface area is 285 Å². The molecule has 0 amide bonds. The zero-order valence-corrected chi connectivity index (χ0v) is 27.6. The van der Waals surface area contributed by atoms with Crippen LogP contribution in [-0.2, 0) is 5.41 Å². The quantitative estimate of drug-likeness (QED) is 0.146. The number of nitrogens with zero attached hydrogens (tertiary/aromatic N) is 1. The van der Waals surface area contributed by atoms with Crippen LogP contribution in [0.2, 0.25) is 0 Å². The van der Waals surface area contributed by atoms with Gasteiger partial charge in [-0.1, -0.05) is 172 Å². The van der Waals surface area contributed by atoms with Crippen molar-refractivity contribution < 1.29 is 0 Å². The van der Waals surface area contributed by atoms with Crippen LogP contribution in [0.4, 0.5) is 17.1 Å². The third-order valence-electron chi connectivity index (χ3n) is 9.01. The average molecular weight is 618 g/mol. The molecule has 1 heteroatoms. The summed E-state index contributed by atoms with van der Waals surface area (Å²) in [5.74, 6) is 0. The maximum Gasteiger partial charge on any atom is 0.0465 e. The van der Waals surface area contributed by atoms with Gasteiger partial charge in [-0.05, 0) is 86.5 Å². The van der Waals surface area contributed by atoms with Crippen molar-refractivity contribution in [3.63, 3.8) is 0 Å². The summed E-state index contributed by atoms with van der Waals surface area (Å²) in [4.78, 5) is 2.32. The van der Waals surface area contributed by atoms with Crippen molar-refractivity contribution >= 4 is 28.7 Å². The molecule has 0 atom stereocenters. The monoisotopic (exact) mass is 617 g/mol. The lowest BCUT2D eigenvalue weighted by Gasteiger charge is -2.27. The van der Waals surface area contributed by atoms with Gasteiger partial charge in [-0.2, -0.15) is 0 Å². The highest BCUT2D eigenvalue weighted by atomic mass is 15.1. The fourth-order valence-corrected chi connectivity index (χ4v) is 6.47. The van der Waals surface area contributed by atoms with Gasteiger partial charge in [0.1, 0.15) is 0 Å². The van der Waals surface area contributed by atoms with Gasteiger partial charge in [0.15, 0.2) is 0 Å². The molecule has 0 aromatic heterocycles. The largest absolute Gasteiger partial charge is 0.310 e. The number of fused-ring (bicyclic) bond motifs is 1. The molecule has 0 bridgehead atoms. The molecule has 232 valence electrons. The summed E-state index contributed by atoms with van der Waals surface area (Å²) in [5, 5.41) is 0. The molecule has 1 aliphatic rings. The van der Waals surface area contributed by atoms with E-state index < -0.39 is 0 Å². The molecule has 6 aromatic carbocycles. The Morgan fingerprint density at radius 2 is 1.00 bits per heavy atom. The second-order valence-corrected chi connectivity index (χ2v) is 12.9. The molecule has 0 spiro atoms. The van der Waals surface area contributed by atoms with Crippen LogP contribution in [0.15, 0.2) is 194 Å². The van der Waals surface area contributed by atoms with E-state index in [1.54, 1.807) is 0 Å². The first-order chi connectivity index (χ1) is 23.4. The van der Waals surface area contributed by atoms with Crippen molar-refractivity contribution in [2.75, 3.05) is 4.90 Å². The number of rotatable bonds is 9. The van der Waals surface area contributed by atoms with E-state index in [4.69, 9.17) is 0 Å². The Balaban J connectivity index is 1.05. The van der Waals surface area contributed by atoms with Crippen LogP contribution in [0.3, 0.4) is 0 Å². The molecule has 0 unspecified atom stereocenters. The molecular weight excluding hydrogens is 579 g/mol. The van der Waals surface area contributed by atoms with E-state index in [0.29, 0.717) is 0 Å². The molecule has 0 saturated heterocycles. The minimum absolute atomic E-state index is 0.0924. The van der Waals surface area contributed by atoms with E-state index in [1.165, 1.54) is 39.0 Å². The lowest BCUT2D eigenvalue weighted by atomic mass is 9.86. The van der Waals surface area contributed by atoms with E-state index in [9.17, 15) is 0 Å². The van der Waals surface area contributed by atoms with Gasteiger partial charge in [-0.3, -0.25) is 0 Å². The maximum absolute atomic E-state index is 4.32. The van der Waals surface area contributed by atoms with Crippen molar-refractivity contribution in [2.24, 2.45) is 0 Å². The van der Waals surface area contributed by atoms with Gasteiger partial charge in [0, 0.05) is 22.5 Å². The summed E-state index contributed by atoms with van der Waals surface area (Å²) in [5.41, 5.74) is 14.2. The maximum atomic E-state index is 4.32. The number of allylic oxidation sites excluding steroid dienone is 6. The van der Waals surface area contributed by atoms with Crippen LogP contribution >= 0.6 is 0 Å². The Hall–Kier alpha value is -5.92. The van der Waals surface area contributed by atoms with Crippen molar-refractivity contribution in [3.8, 4) is 22.3 Å². The Bertz CT molecular complexity index is 2070. The normalized spacial score (nSPS) is 13.4. The smallest absolute Gasteiger partial charge is 0.0465 e. The third kappa shape index (κ3) is 6.63. The fraction of sp³-hybridized carbons (Fsp3) is 0.0638. The standard InChI is InChI=1S/C47H39N/c1-35(19-21-36-22-25-38(26-23-36)40-29-27-39(28-30-40)37-13-7-4-8-14-37)20-24-41-34-47(2,3)46-33-44(31-32-45(41)46)48(42-15-9-5-10-16-42)43-17-11-6-12-18-43/h4-34H,1H2,2-3H3/b21-19+,24-20-. The van der Waals surface area contributed by atoms with Gasteiger partial charge in [0.05, 0.1) is 0 Å². The zero-order valence-electron chi connectivity index (χ0n) is 27.6. The second-order valence-electron chi connectivity index (χ2n) is 12.9. The van der Waals surface area contributed by atoms with Gasteiger partial charge in [-0.25, -0.2) is 0 Å². The first kappa shape index (κ1) is 30.7. The highest BCUT2D eigenvalue weighted by Gasteiger charge is 2.30. The molecule has 0 fully saturated rings. The summed E-state index contributed by atoms with van der Waals surface area (Å²) >= 11 is 0. The van der Waals surface area contributed by atoms with Crippen molar-refractivity contribution in [1.29, 1.82) is 0 Å². The molecule has 1 aliphatic carbocycles. The first-order valence-electron chi connectivity index (χ1n) is 16.5. The zero-order chi connectivity index (χ0) is 32.9. The van der Waals surface area contributed by atoms with Crippen LogP contribution in [0.5, 0.6) is 0 Å². The van der Waals surface area contributed by atoms with Crippen LogP contribution in [0.25, 0.3) is 33.9 Å². The number of hydrogen-bond donors (Lipinski definition) is 0. The summed E-state index contributed by atoms with van der Waals surface area (Å²) in [6.45, 7) is 8.91. The third-order valence-corrected chi connectivity index (χ3v) is 9.01. The summed E-state index contributed by atoms with van der Waals surface area (Å²) in [6, 6.07) is 56.0. The lowest BCUT2D eigenvalue weighted by Crippen LogP contribution is -2.14. The van der Waals surface area contributed by atoms with Gasteiger partial charge < -0.3 is 4.90 Å². The summed E-state index contributed by atoms with van der Waals surface area (Å²) < 4.78 is 0. The second kappa shape index (κ2) is 13.4. The van der Waals surface area contributed by atoms with Gasteiger partial charge >= 0.3 is 0 Å². The number of hydrogen-bond acceptors (Lipinski definition) is 1. The molecule has 0 heterocycles. The highest BCUT2D eigenvalue weighted by Crippen LogP contribution is 2.44. The topological polar surface area (TPSA) is 3.24 Å². The molecule has 0 saturated carbocycles. The number of benzene rings is 6. The lowest BCUT2D eigenvalue weighted by molar-refractivity contribution is 0.683. The molecule has 0 aliphatic heterocycles. The minimum atomic E-state index is -0.0924. The molecule has 1 nitrogen and oxygen atoms in total. The van der Waals surface area contributed by atoms with Crippen LogP contribution in [0, 0.1) is 0 Å².